The molecule has 0 N–H and O–H groups in total. The number of methoxy groups -OCH3 is 1. The van der Waals surface area contributed by atoms with E-state index in [0.717, 1.165) is 15.8 Å². The van der Waals surface area contributed by atoms with Gasteiger partial charge in [-0.3, -0.25) is 0 Å². The summed E-state index contributed by atoms with van der Waals surface area (Å²) in [6.07, 6.45) is 0. The predicted molar refractivity (Wildman–Crippen MR) is 82.6 cm³/mol. The summed E-state index contributed by atoms with van der Waals surface area (Å²) in [5.41, 5.74) is 3.62. The number of aryl methyl sites for hydroxylation is 1. The molecule has 0 heterocycles. The minimum atomic E-state index is 0.140. The Kier molecular flexibility index (Phi) is 4.46. The Morgan fingerprint density at radius 3 is 2.33 bits per heavy atom. The van der Waals surface area contributed by atoms with Crippen LogP contribution in [0.4, 0.5) is 0 Å². The molecule has 3 heteroatoms. The zero-order valence-electron chi connectivity index (χ0n) is 10.3. The van der Waals surface area contributed by atoms with Gasteiger partial charge in [0.15, 0.2) is 0 Å². The Morgan fingerprint density at radius 1 is 1.06 bits per heavy atom. The highest BCUT2D eigenvalue weighted by molar-refractivity contribution is 9.10. The molecule has 0 aliphatic rings. The fraction of sp³-hybridized carbons (Fsp3) is 0.200. The summed E-state index contributed by atoms with van der Waals surface area (Å²) < 4.78 is 6.45. The van der Waals surface area contributed by atoms with Crippen LogP contribution in [0.5, 0.6) is 5.75 Å². The van der Waals surface area contributed by atoms with E-state index in [2.05, 4.69) is 69.1 Å². The van der Waals surface area contributed by atoms with Crippen LogP contribution in [0, 0.1) is 6.92 Å². The zero-order valence-corrected chi connectivity index (χ0v) is 13.5. The number of halogens is 2. The molecule has 18 heavy (non-hydrogen) atoms. The molecule has 1 atom stereocenters. The highest BCUT2D eigenvalue weighted by Crippen LogP contribution is 2.37. The van der Waals surface area contributed by atoms with E-state index < -0.39 is 0 Å². The van der Waals surface area contributed by atoms with Crippen LogP contribution in [-0.4, -0.2) is 7.11 Å². The Morgan fingerprint density at radius 2 is 1.72 bits per heavy atom. The highest BCUT2D eigenvalue weighted by Gasteiger charge is 2.15. The van der Waals surface area contributed by atoms with Crippen molar-refractivity contribution in [1.29, 1.82) is 0 Å². The normalized spacial score (nSPS) is 12.2. The first-order valence-corrected chi connectivity index (χ1v) is 7.36. The molecule has 0 spiro atoms. The lowest BCUT2D eigenvalue weighted by molar-refractivity contribution is 0.410. The fourth-order valence-corrected chi connectivity index (χ4v) is 2.83. The summed E-state index contributed by atoms with van der Waals surface area (Å²) in [7, 11) is 1.69. The van der Waals surface area contributed by atoms with Crippen molar-refractivity contribution in [2.24, 2.45) is 0 Å². The first-order chi connectivity index (χ1) is 8.61. The van der Waals surface area contributed by atoms with Gasteiger partial charge < -0.3 is 4.74 Å². The van der Waals surface area contributed by atoms with Crippen molar-refractivity contribution in [1.82, 2.24) is 0 Å². The molecule has 0 radical (unpaired) electrons. The summed E-state index contributed by atoms with van der Waals surface area (Å²) in [4.78, 5) is 0.140. The molecule has 94 valence electrons. The van der Waals surface area contributed by atoms with Crippen LogP contribution < -0.4 is 4.74 Å². The second-order valence-corrected chi connectivity index (χ2v) is 5.99. The maximum absolute atomic E-state index is 5.43. The summed E-state index contributed by atoms with van der Waals surface area (Å²) in [5, 5.41) is 0. The standard InChI is InChI=1S/C15H14Br2O/c1-10-3-5-11(6-4-10)15(17)13-8-7-12(16)9-14(13)18-2/h3-9,15H,1-2H3. The quantitative estimate of drug-likeness (QED) is 0.671. The molecular formula is C15H14Br2O. The van der Waals surface area contributed by atoms with Gasteiger partial charge in [-0.05, 0) is 24.6 Å². The van der Waals surface area contributed by atoms with Crippen LogP contribution in [-0.2, 0) is 0 Å². The summed E-state index contributed by atoms with van der Waals surface area (Å²) in [6.45, 7) is 2.09. The summed E-state index contributed by atoms with van der Waals surface area (Å²) >= 11 is 7.20. The van der Waals surface area contributed by atoms with Crippen molar-refractivity contribution in [3.63, 3.8) is 0 Å². The lowest BCUT2D eigenvalue weighted by Crippen LogP contribution is -1.97. The SMILES string of the molecule is COc1cc(Br)ccc1C(Br)c1ccc(C)cc1. The number of hydrogen-bond donors (Lipinski definition) is 0. The molecule has 2 aromatic carbocycles. The molecule has 0 saturated heterocycles. The van der Waals surface area contributed by atoms with Crippen LogP contribution >= 0.6 is 31.9 Å². The number of benzene rings is 2. The smallest absolute Gasteiger partial charge is 0.124 e. The molecule has 0 aromatic heterocycles. The lowest BCUT2D eigenvalue weighted by Gasteiger charge is -2.15. The van der Waals surface area contributed by atoms with Gasteiger partial charge in [0.2, 0.25) is 0 Å². The number of alkyl halides is 1. The number of ether oxygens (including phenoxy) is 1. The van der Waals surface area contributed by atoms with E-state index in [9.17, 15) is 0 Å². The second kappa shape index (κ2) is 5.89. The van der Waals surface area contributed by atoms with Gasteiger partial charge in [0.05, 0.1) is 11.9 Å². The van der Waals surface area contributed by atoms with Gasteiger partial charge >= 0.3 is 0 Å². The van der Waals surface area contributed by atoms with E-state index in [-0.39, 0.29) is 4.83 Å². The average molecular weight is 370 g/mol. The molecule has 0 aliphatic carbocycles. The third-order valence-corrected chi connectivity index (χ3v) is 4.35. The second-order valence-electron chi connectivity index (χ2n) is 4.16. The average Bonchev–Trinajstić information content (AvgIpc) is 2.38. The molecule has 0 fully saturated rings. The first kappa shape index (κ1) is 13.6. The van der Waals surface area contributed by atoms with Crippen molar-refractivity contribution >= 4 is 31.9 Å². The van der Waals surface area contributed by atoms with Gasteiger partial charge in [0.25, 0.3) is 0 Å². The lowest BCUT2D eigenvalue weighted by atomic mass is 10.0. The Bertz CT molecular complexity index is 535. The highest BCUT2D eigenvalue weighted by atomic mass is 79.9. The van der Waals surface area contributed by atoms with Crippen molar-refractivity contribution in [3.8, 4) is 5.75 Å². The van der Waals surface area contributed by atoms with Crippen molar-refractivity contribution in [2.75, 3.05) is 7.11 Å². The van der Waals surface area contributed by atoms with Crippen LogP contribution in [0.15, 0.2) is 46.9 Å². The molecule has 0 aliphatic heterocycles. The maximum Gasteiger partial charge on any atom is 0.124 e. The van der Waals surface area contributed by atoms with Crippen LogP contribution in [0.25, 0.3) is 0 Å². The third-order valence-electron chi connectivity index (χ3n) is 2.84. The van der Waals surface area contributed by atoms with Gasteiger partial charge in [-0.25, -0.2) is 0 Å². The Labute approximate surface area is 124 Å². The monoisotopic (exact) mass is 368 g/mol. The third kappa shape index (κ3) is 2.96. The molecular weight excluding hydrogens is 356 g/mol. The van der Waals surface area contributed by atoms with Gasteiger partial charge in [0.1, 0.15) is 5.75 Å². The Hall–Kier alpha value is -0.800. The van der Waals surface area contributed by atoms with E-state index in [0.29, 0.717) is 0 Å². The number of rotatable bonds is 3. The minimum Gasteiger partial charge on any atom is -0.496 e. The first-order valence-electron chi connectivity index (χ1n) is 5.66. The van der Waals surface area contributed by atoms with Crippen LogP contribution in [0.3, 0.4) is 0 Å². The van der Waals surface area contributed by atoms with E-state index in [1.807, 2.05) is 12.1 Å². The molecule has 2 aromatic rings. The predicted octanol–water partition coefficient (Wildman–Crippen LogP) is 5.25. The minimum absolute atomic E-state index is 0.140. The topological polar surface area (TPSA) is 9.23 Å². The molecule has 0 bridgehead atoms. The van der Waals surface area contributed by atoms with Crippen molar-refractivity contribution in [3.05, 3.63) is 63.6 Å². The van der Waals surface area contributed by atoms with Gasteiger partial charge in [0, 0.05) is 10.0 Å². The maximum atomic E-state index is 5.43. The molecule has 1 unspecified atom stereocenters. The molecule has 0 saturated carbocycles. The van der Waals surface area contributed by atoms with Crippen LogP contribution in [0.2, 0.25) is 0 Å². The summed E-state index contributed by atoms with van der Waals surface area (Å²) in [5.74, 6) is 0.881. The van der Waals surface area contributed by atoms with E-state index >= 15 is 0 Å². The molecule has 2 rings (SSSR count). The summed E-state index contributed by atoms with van der Waals surface area (Å²) in [6, 6.07) is 14.6. The van der Waals surface area contributed by atoms with E-state index in [1.165, 1.54) is 11.1 Å². The number of hydrogen-bond acceptors (Lipinski definition) is 1. The van der Waals surface area contributed by atoms with Crippen molar-refractivity contribution < 1.29 is 4.74 Å². The molecule has 0 amide bonds. The fourth-order valence-electron chi connectivity index (χ4n) is 1.81. The van der Waals surface area contributed by atoms with Gasteiger partial charge in [-0.1, -0.05) is 67.8 Å². The Balaban J connectivity index is 2.39. The van der Waals surface area contributed by atoms with Gasteiger partial charge in [-0.2, -0.15) is 0 Å². The van der Waals surface area contributed by atoms with E-state index in [1.54, 1.807) is 7.11 Å². The van der Waals surface area contributed by atoms with Crippen LogP contribution in [0.1, 0.15) is 21.5 Å². The van der Waals surface area contributed by atoms with Gasteiger partial charge in [-0.15, -0.1) is 0 Å². The zero-order chi connectivity index (χ0) is 13.1. The molecule has 1 nitrogen and oxygen atoms in total. The van der Waals surface area contributed by atoms with Crippen molar-refractivity contribution in [2.45, 2.75) is 11.8 Å². The largest absolute Gasteiger partial charge is 0.496 e. The van der Waals surface area contributed by atoms with E-state index in [4.69, 9.17) is 4.74 Å².